The van der Waals surface area contributed by atoms with Crippen molar-refractivity contribution in [2.75, 3.05) is 12.5 Å². The van der Waals surface area contributed by atoms with Gasteiger partial charge < -0.3 is 9.84 Å². The number of rotatable bonds is 2. The van der Waals surface area contributed by atoms with Crippen LogP contribution in [0.5, 0.6) is 0 Å². The van der Waals surface area contributed by atoms with E-state index in [1.807, 2.05) is 0 Å². The summed E-state index contributed by atoms with van der Waals surface area (Å²) in [6.07, 6.45) is 0.171. The van der Waals surface area contributed by atoms with E-state index in [9.17, 15) is 0 Å². The minimum Gasteiger partial charge on any atom is -0.394 e. The summed E-state index contributed by atoms with van der Waals surface area (Å²) in [5.74, 6) is 0.505. The van der Waals surface area contributed by atoms with Gasteiger partial charge in [0.1, 0.15) is 12.2 Å². The SMILES string of the molecule is OC[C@@H]1O[C@H]1CCl. The summed E-state index contributed by atoms with van der Waals surface area (Å²) < 4.78 is 4.83. The largest absolute Gasteiger partial charge is 0.394 e. The van der Waals surface area contributed by atoms with Crippen LogP contribution in [0.3, 0.4) is 0 Å². The zero-order valence-electron chi connectivity index (χ0n) is 3.80. The number of alkyl halides is 1. The third-order valence-electron chi connectivity index (χ3n) is 1.02. The molecule has 1 aliphatic rings. The van der Waals surface area contributed by atoms with E-state index in [1.54, 1.807) is 0 Å². The van der Waals surface area contributed by atoms with E-state index in [-0.39, 0.29) is 18.8 Å². The van der Waals surface area contributed by atoms with Crippen molar-refractivity contribution < 1.29 is 9.84 Å². The number of aliphatic hydroxyl groups excluding tert-OH is 1. The van der Waals surface area contributed by atoms with E-state index in [4.69, 9.17) is 21.4 Å². The molecule has 1 fully saturated rings. The normalized spacial score (nSPS) is 38.6. The van der Waals surface area contributed by atoms with Crippen molar-refractivity contribution >= 4 is 11.6 Å². The number of ether oxygens (including phenoxy) is 1. The van der Waals surface area contributed by atoms with Gasteiger partial charge in [0.2, 0.25) is 0 Å². The molecule has 0 spiro atoms. The van der Waals surface area contributed by atoms with Crippen molar-refractivity contribution in [2.24, 2.45) is 0 Å². The van der Waals surface area contributed by atoms with Crippen LogP contribution in [0.2, 0.25) is 0 Å². The summed E-state index contributed by atoms with van der Waals surface area (Å²) in [4.78, 5) is 0. The molecular weight excluding hydrogens is 115 g/mol. The smallest absolute Gasteiger partial charge is 0.108 e. The Morgan fingerprint density at radius 3 is 2.43 bits per heavy atom. The summed E-state index contributed by atoms with van der Waals surface area (Å²) in [5.41, 5.74) is 0. The van der Waals surface area contributed by atoms with Gasteiger partial charge in [-0.25, -0.2) is 0 Å². The maximum atomic E-state index is 8.32. The lowest BCUT2D eigenvalue weighted by molar-refractivity contribution is 0.242. The summed E-state index contributed by atoms with van der Waals surface area (Å²) in [7, 11) is 0. The molecule has 1 rings (SSSR count). The van der Waals surface area contributed by atoms with Gasteiger partial charge in [0.05, 0.1) is 12.5 Å². The van der Waals surface area contributed by atoms with E-state index in [1.165, 1.54) is 0 Å². The Morgan fingerprint density at radius 1 is 1.57 bits per heavy atom. The first kappa shape index (κ1) is 5.35. The second-order valence-electron chi connectivity index (χ2n) is 1.55. The molecule has 0 aliphatic carbocycles. The standard InChI is InChI=1S/C4H7ClO2/c5-1-3-4(2-6)7-3/h3-4,6H,1-2H2/t3-,4-/m0/s1. The Balaban J connectivity index is 2.06. The van der Waals surface area contributed by atoms with Crippen molar-refractivity contribution in [1.82, 2.24) is 0 Å². The minimum absolute atomic E-state index is 0.0394. The van der Waals surface area contributed by atoms with Gasteiger partial charge in [-0.1, -0.05) is 0 Å². The molecule has 0 aromatic carbocycles. The van der Waals surface area contributed by atoms with E-state index < -0.39 is 0 Å². The lowest BCUT2D eigenvalue weighted by atomic mass is 10.4. The van der Waals surface area contributed by atoms with Crippen molar-refractivity contribution in [3.8, 4) is 0 Å². The van der Waals surface area contributed by atoms with Crippen molar-refractivity contribution in [2.45, 2.75) is 12.2 Å². The van der Waals surface area contributed by atoms with Gasteiger partial charge in [-0.2, -0.15) is 0 Å². The first-order valence-electron chi connectivity index (χ1n) is 2.20. The zero-order chi connectivity index (χ0) is 5.28. The van der Waals surface area contributed by atoms with Gasteiger partial charge in [0.25, 0.3) is 0 Å². The monoisotopic (exact) mass is 122 g/mol. The first-order chi connectivity index (χ1) is 3.38. The fourth-order valence-electron chi connectivity index (χ4n) is 0.475. The Hall–Kier alpha value is 0.210. The number of aliphatic hydroxyl groups is 1. The maximum absolute atomic E-state index is 8.32. The molecule has 0 aromatic rings. The van der Waals surface area contributed by atoms with E-state index in [2.05, 4.69) is 0 Å². The van der Waals surface area contributed by atoms with E-state index >= 15 is 0 Å². The molecule has 1 aliphatic heterocycles. The summed E-state index contributed by atoms with van der Waals surface area (Å²) in [6.45, 7) is 0.109. The molecule has 0 bridgehead atoms. The molecule has 1 N–H and O–H groups in total. The van der Waals surface area contributed by atoms with Crippen LogP contribution < -0.4 is 0 Å². The molecule has 2 atom stereocenters. The zero-order valence-corrected chi connectivity index (χ0v) is 4.56. The van der Waals surface area contributed by atoms with Crippen LogP contribution in [-0.4, -0.2) is 29.8 Å². The highest BCUT2D eigenvalue weighted by molar-refractivity contribution is 6.18. The molecule has 3 heteroatoms. The second kappa shape index (κ2) is 1.99. The number of hydrogen-bond donors (Lipinski definition) is 1. The number of epoxide rings is 1. The molecule has 0 radical (unpaired) electrons. The van der Waals surface area contributed by atoms with Gasteiger partial charge in [0, 0.05) is 0 Å². The van der Waals surface area contributed by atoms with Gasteiger partial charge in [-0.05, 0) is 0 Å². The van der Waals surface area contributed by atoms with E-state index in [0.29, 0.717) is 5.88 Å². The minimum atomic E-state index is 0.0394. The van der Waals surface area contributed by atoms with Crippen LogP contribution in [-0.2, 0) is 4.74 Å². The van der Waals surface area contributed by atoms with Crippen LogP contribution >= 0.6 is 11.6 Å². The molecule has 42 valence electrons. The van der Waals surface area contributed by atoms with E-state index in [0.717, 1.165) is 0 Å². The fraction of sp³-hybridized carbons (Fsp3) is 1.00. The Morgan fingerprint density at radius 2 is 2.29 bits per heavy atom. The lowest BCUT2D eigenvalue weighted by Gasteiger charge is -1.76. The van der Waals surface area contributed by atoms with Gasteiger partial charge in [0.15, 0.2) is 0 Å². The molecular formula is C4H7ClO2. The predicted octanol–water partition coefficient (Wildman–Crippen LogP) is -0.0151. The average Bonchev–Trinajstić information content (AvgIpc) is 2.43. The number of hydrogen-bond acceptors (Lipinski definition) is 2. The van der Waals surface area contributed by atoms with Gasteiger partial charge in [-0.15, -0.1) is 11.6 Å². The predicted molar refractivity (Wildman–Crippen MR) is 26.5 cm³/mol. The highest BCUT2D eigenvalue weighted by atomic mass is 35.5. The number of halogens is 1. The van der Waals surface area contributed by atoms with Crippen molar-refractivity contribution in [3.63, 3.8) is 0 Å². The average molecular weight is 123 g/mol. The molecule has 7 heavy (non-hydrogen) atoms. The highest BCUT2D eigenvalue weighted by Crippen LogP contribution is 2.21. The van der Waals surface area contributed by atoms with Gasteiger partial charge in [-0.3, -0.25) is 0 Å². The summed E-state index contributed by atoms with van der Waals surface area (Å²) >= 11 is 5.34. The topological polar surface area (TPSA) is 32.8 Å². The van der Waals surface area contributed by atoms with Crippen LogP contribution in [0, 0.1) is 0 Å². The second-order valence-corrected chi connectivity index (χ2v) is 1.86. The molecule has 0 amide bonds. The third-order valence-corrected chi connectivity index (χ3v) is 1.32. The first-order valence-corrected chi connectivity index (χ1v) is 2.74. The van der Waals surface area contributed by atoms with Crippen LogP contribution in [0.1, 0.15) is 0 Å². The highest BCUT2D eigenvalue weighted by Gasteiger charge is 2.36. The van der Waals surface area contributed by atoms with Crippen LogP contribution in [0.4, 0.5) is 0 Å². The molecule has 0 unspecified atom stereocenters. The summed E-state index contributed by atoms with van der Waals surface area (Å²) in [6, 6.07) is 0. The molecule has 1 saturated heterocycles. The quantitative estimate of drug-likeness (QED) is 0.413. The van der Waals surface area contributed by atoms with Crippen LogP contribution in [0.25, 0.3) is 0 Å². The summed E-state index contributed by atoms with van der Waals surface area (Å²) in [5, 5.41) is 8.32. The maximum Gasteiger partial charge on any atom is 0.108 e. The van der Waals surface area contributed by atoms with Crippen molar-refractivity contribution in [3.05, 3.63) is 0 Å². The third kappa shape index (κ3) is 1.06. The van der Waals surface area contributed by atoms with Crippen LogP contribution in [0.15, 0.2) is 0 Å². The lowest BCUT2D eigenvalue weighted by Crippen LogP contribution is -1.98. The van der Waals surface area contributed by atoms with Gasteiger partial charge >= 0.3 is 0 Å². The Labute approximate surface area is 47.0 Å². The molecule has 2 nitrogen and oxygen atoms in total. The Bertz CT molecular complexity index is 58.7. The molecule has 0 aromatic heterocycles. The fourth-order valence-corrected chi connectivity index (χ4v) is 0.747. The van der Waals surface area contributed by atoms with Crippen molar-refractivity contribution in [1.29, 1.82) is 0 Å². The molecule has 0 saturated carbocycles. The molecule has 1 heterocycles. The Kier molecular flexibility index (Phi) is 1.52.